The van der Waals surface area contributed by atoms with Crippen LogP contribution in [0.5, 0.6) is 0 Å². The first-order valence-corrected chi connectivity index (χ1v) is 6.65. The number of aryl methyl sites for hydroxylation is 2. The molecule has 0 bridgehead atoms. The lowest BCUT2D eigenvalue weighted by Crippen LogP contribution is -1.84. The van der Waals surface area contributed by atoms with Gasteiger partial charge in [-0.2, -0.15) is 0 Å². The van der Waals surface area contributed by atoms with Gasteiger partial charge in [0.15, 0.2) is 0 Å². The minimum atomic E-state index is 1.21. The summed E-state index contributed by atoms with van der Waals surface area (Å²) in [4.78, 5) is 3.59. The Hall–Kier alpha value is -2.28. The van der Waals surface area contributed by atoms with Gasteiger partial charge in [-0.05, 0) is 36.4 Å². The molecule has 92 valence electrons. The maximum absolute atomic E-state index is 3.59. The molecule has 4 rings (SSSR count). The smallest absolute Gasteiger partial charge is 0.0547 e. The molecule has 0 aliphatic carbocycles. The molecule has 0 spiro atoms. The van der Waals surface area contributed by atoms with E-state index < -0.39 is 0 Å². The fourth-order valence-electron chi connectivity index (χ4n) is 3.08. The predicted molar refractivity (Wildman–Crippen MR) is 82.8 cm³/mol. The topological polar surface area (TPSA) is 15.8 Å². The Kier molecular flexibility index (Phi) is 2.02. The van der Waals surface area contributed by atoms with E-state index in [4.69, 9.17) is 0 Å². The van der Waals surface area contributed by atoms with Gasteiger partial charge >= 0.3 is 0 Å². The van der Waals surface area contributed by atoms with Gasteiger partial charge in [-0.25, -0.2) is 0 Å². The van der Waals surface area contributed by atoms with Crippen molar-refractivity contribution in [2.45, 2.75) is 13.8 Å². The molecule has 1 nitrogen and oxygen atoms in total. The minimum absolute atomic E-state index is 1.21. The second kappa shape index (κ2) is 3.61. The number of nitrogens with one attached hydrogen (secondary N) is 1. The zero-order valence-electron chi connectivity index (χ0n) is 11.1. The number of hydrogen-bond acceptors (Lipinski definition) is 0. The normalized spacial score (nSPS) is 11.7. The molecule has 0 aliphatic heterocycles. The van der Waals surface area contributed by atoms with Gasteiger partial charge < -0.3 is 4.98 Å². The number of aromatic nitrogens is 1. The van der Waals surface area contributed by atoms with Crippen molar-refractivity contribution in [2.24, 2.45) is 0 Å². The quantitative estimate of drug-likeness (QED) is 0.444. The number of aromatic amines is 1. The average molecular weight is 245 g/mol. The molecule has 1 aromatic heterocycles. The summed E-state index contributed by atoms with van der Waals surface area (Å²) in [5.74, 6) is 0. The van der Waals surface area contributed by atoms with Crippen molar-refractivity contribution in [2.75, 3.05) is 0 Å². The molecule has 0 fully saturated rings. The number of hydrogen-bond donors (Lipinski definition) is 1. The monoisotopic (exact) mass is 245 g/mol. The van der Waals surface area contributed by atoms with Gasteiger partial charge in [0.25, 0.3) is 0 Å². The summed E-state index contributed by atoms with van der Waals surface area (Å²) in [5, 5.41) is 5.32. The fraction of sp³-hybridized carbons (Fsp3) is 0.111. The minimum Gasteiger partial charge on any atom is -0.354 e. The summed E-state index contributed by atoms with van der Waals surface area (Å²) in [5.41, 5.74) is 5.14. The van der Waals surface area contributed by atoms with Gasteiger partial charge in [-0.15, -0.1) is 0 Å². The molecule has 0 amide bonds. The SMILES string of the molecule is Cc1ccc(C)c2c1ccc1c3ccccc3[nH]c12. The molecule has 0 unspecified atom stereocenters. The Labute approximate surface area is 111 Å². The van der Waals surface area contributed by atoms with Crippen LogP contribution in [0.15, 0.2) is 48.5 Å². The van der Waals surface area contributed by atoms with Crippen LogP contribution in [-0.2, 0) is 0 Å². The van der Waals surface area contributed by atoms with Crippen molar-refractivity contribution < 1.29 is 0 Å². The molecule has 1 heterocycles. The first kappa shape index (κ1) is 10.6. The molecule has 0 saturated carbocycles. The molecule has 4 aromatic rings. The van der Waals surface area contributed by atoms with E-state index in [1.807, 2.05) is 0 Å². The van der Waals surface area contributed by atoms with E-state index in [2.05, 4.69) is 67.4 Å². The Balaban J connectivity index is 2.35. The van der Waals surface area contributed by atoms with Gasteiger partial charge in [0.1, 0.15) is 0 Å². The van der Waals surface area contributed by atoms with E-state index in [1.54, 1.807) is 0 Å². The molecule has 1 heteroatoms. The van der Waals surface area contributed by atoms with Crippen LogP contribution in [0.25, 0.3) is 32.6 Å². The fourth-order valence-corrected chi connectivity index (χ4v) is 3.08. The second-order valence-electron chi connectivity index (χ2n) is 5.28. The van der Waals surface area contributed by atoms with Gasteiger partial charge in [0.2, 0.25) is 0 Å². The largest absolute Gasteiger partial charge is 0.354 e. The lowest BCUT2D eigenvalue weighted by atomic mass is 9.98. The van der Waals surface area contributed by atoms with Crippen LogP contribution in [0.4, 0.5) is 0 Å². The van der Waals surface area contributed by atoms with Crippen LogP contribution in [0.2, 0.25) is 0 Å². The van der Waals surface area contributed by atoms with Crippen molar-refractivity contribution in [3.05, 3.63) is 59.7 Å². The zero-order valence-corrected chi connectivity index (χ0v) is 11.1. The van der Waals surface area contributed by atoms with E-state index in [-0.39, 0.29) is 0 Å². The van der Waals surface area contributed by atoms with Gasteiger partial charge in [-0.3, -0.25) is 0 Å². The lowest BCUT2D eigenvalue weighted by Gasteiger charge is -2.06. The van der Waals surface area contributed by atoms with Crippen LogP contribution in [0, 0.1) is 13.8 Å². The average Bonchev–Trinajstić information content (AvgIpc) is 2.81. The summed E-state index contributed by atoms with van der Waals surface area (Å²) in [6, 6.07) is 17.4. The number of H-pyrrole nitrogens is 1. The third kappa shape index (κ3) is 1.36. The highest BCUT2D eigenvalue weighted by Crippen LogP contribution is 2.33. The van der Waals surface area contributed by atoms with Crippen LogP contribution >= 0.6 is 0 Å². The van der Waals surface area contributed by atoms with E-state index in [1.165, 1.54) is 43.7 Å². The summed E-state index contributed by atoms with van der Waals surface area (Å²) < 4.78 is 0. The second-order valence-corrected chi connectivity index (χ2v) is 5.28. The van der Waals surface area contributed by atoms with E-state index in [0.717, 1.165) is 0 Å². The summed E-state index contributed by atoms with van der Waals surface area (Å²) >= 11 is 0. The number of rotatable bonds is 0. The molecule has 19 heavy (non-hydrogen) atoms. The Bertz CT molecular complexity index is 929. The zero-order chi connectivity index (χ0) is 13.0. The summed E-state index contributed by atoms with van der Waals surface area (Å²) in [7, 11) is 0. The van der Waals surface area contributed by atoms with E-state index in [9.17, 15) is 0 Å². The molecule has 1 N–H and O–H groups in total. The highest BCUT2D eigenvalue weighted by atomic mass is 14.7. The van der Waals surface area contributed by atoms with Gasteiger partial charge in [0, 0.05) is 21.7 Å². The van der Waals surface area contributed by atoms with Gasteiger partial charge in [-0.1, -0.05) is 42.5 Å². The van der Waals surface area contributed by atoms with E-state index >= 15 is 0 Å². The molecule has 0 aliphatic rings. The van der Waals surface area contributed by atoms with Crippen molar-refractivity contribution >= 4 is 32.6 Å². The molecule has 3 aromatic carbocycles. The first-order chi connectivity index (χ1) is 9.25. The number of benzene rings is 3. The predicted octanol–water partition coefficient (Wildman–Crippen LogP) is 5.09. The van der Waals surface area contributed by atoms with E-state index in [0.29, 0.717) is 0 Å². The first-order valence-electron chi connectivity index (χ1n) is 6.65. The Morgan fingerprint density at radius 3 is 2.32 bits per heavy atom. The van der Waals surface area contributed by atoms with Crippen LogP contribution in [0.3, 0.4) is 0 Å². The van der Waals surface area contributed by atoms with Crippen molar-refractivity contribution in [1.82, 2.24) is 4.98 Å². The highest BCUT2D eigenvalue weighted by Gasteiger charge is 2.09. The van der Waals surface area contributed by atoms with Crippen molar-refractivity contribution in [3.8, 4) is 0 Å². The Morgan fingerprint density at radius 1 is 0.684 bits per heavy atom. The lowest BCUT2D eigenvalue weighted by molar-refractivity contribution is 1.46. The highest BCUT2D eigenvalue weighted by molar-refractivity contribution is 6.18. The van der Waals surface area contributed by atoms with Gasteiger partial charge in [0.05, 0.1) is 5.52 Å². The summed E-state index contributed by atoms with van der Waals surface area (Å²) in [6.07, 6.45) is 0. The van der Waals surface area contributed by atoms with Crippen LogP contribution in [0.1, 0.15) is 11.1 Å². The molecule has 0 saturated heterocycles. The third-order valence-corrected chi connectivity index (χ3v) is 4.08. The number of para-hydroxylation sites is 1. The Morgan fingerprint density at radius 2 is 1.42 bits per heavy atom. The maximum Gasteiger partial charge on any atom is 0.0547 e. The standard InChI is InChI=1S/C18H15N/c1-11-7-8-12(2)17-13(11)9-10-15-14-5-3-4-6-16(14)19-18(15)17/h3-10,19H,1-2H3. The number of fused-ring (bicyclic) bond motifs is 5. The molecular weight excluding hydrogens is 230 g/mol. The third-order valence-electron chi connectivity index (χ3n) is 4.08. The van der Waals surface area contributed by atoms with Crippen molar-refractivity contribution in [3.63, 3.8) is 0 Å². The van der Waals surface area contributed by atoms with Crippen LogP contribution < -0.4 is 0 Å². The van der Waals surface area contributed by atoms with Crippen LogP contribution in [-0.4, -0.2) is 4.98 Å². The van der Waals surface area contributed by atoms with Crippen molar-refractivity contribution in [1.29, 1.82) is 0 Å². The maximum atomic E-state index is 3.59. The molecular formula is C18H15N. The summed E-state index contributed by atoms with van der Waals surface area (Å²) in [6.45, 7) is 4.36. The molecule has 0 radical (unpaired) electrons. The molecule has 0 atom stereocenters.